The van der Waals surface area contributed by atoms with Gasteiger partial charge < -0.3 is 18.9 Å². The fourth-order valence-electron chi connectivity index (χ4n) is 3.49. The first-order valence-electron chi connectivity index (χ1n) is 9.26. The molecule has 0 saturated heterocycles. The number of aliphatic hydroxyl groups is 1. The number of para-hydroxylation sites is 1. The van der Waals surface area contributed by atoms with Crippen molar-refractivity contribution in [2.75, 3.05) is 11.6 Å². The summed E-state index contributed by atoms with van der Waals surface area (Å²) in [5.41, 5.74) is -1.01. The molecule has 0 aliphatic carbocycles. The third-order valence-electron chi connectivity index (χ3n) is 4.80. The van der Waals surface area contributed by atoms with E-state index in [-0.39, 0.29) is 18.2 Å². The van der Waals surface area contributed by atoms with Gasteiger partial charge in [-0.2, -0.15) is 5.01 Å². The number of esters is 1. The Morgan fingerprint density at radius 3 is 2.47 bits per heavy atom. The zero-order valence-electron chi connectivity index (χ0n) is 16.6. The number of fused-ring (bicyclic) bond motifs is 1. The Bertz CT molecular complexity index is 1060. The van der Waals surface area contributed by atoms with E-state index >= 15 is 0 Å². The van der Waals surface area contributed by atoms with Crippen LogP contribution in [0.5, 0.6) is 0 Å². The molecule has 174 valence electrons. The molecule has 0 fully saturated rings. The summed E-state index contributed by atoms with van der Waals surface area (Å²) in [5, 5.41) is 11.3. The van der Waals surface area contributed by atoms with E-state index in [0.717, 1.165) is 5.01 Å². The summed E-state index contributed by atoms with van der Waals surface area (Å²) in [4.78, 5) is 12.9. The average molecular weight is 521 g/mol. The van der Waals surface area contributed by atoms with Crippen LogP contribution in [0.15, 0.2) is 42.5 Å². The minimum absolute atomic E-state index is 0.00945. The van der Waals surface area contributed by atoms with Crippen molar-refractivity contribution in [3.8, 4) is 0 Å². The van der Waals surface area contributed by atoms with Gasteiger partial charge in [0.1, 0.15) is 10.8 Å². The lowest BCUT2D eigenvalue weighted by Crippen LogP contribution is -2.56. The predicted octanol–water partition coefficient (Wildman–Crippen LogP) is 2.24. The van der Waals surface area contributed by atoms with Crippen molar-refractivity contribution >= 4 is 57.0 Å². The highest BCUT2D eigenvalue weighted by molar-refractivity contribution is 7.83. The molecule has 32 heavy (non-hydrogen) atoms. The van der Waals surface area contributed by atoms with Gasteiger partial charge in [-0.1, -0.05) is 47.5 Å². The average Bonchev–Trinajstić information content (AvgIpc) is 3.04. The zero-order valence-corrected chi connectivity index (χ0v) is 19.7. The van der Waals surface area contributed by atoms with Gasteiger partial charge in [-0.3, -0.25) is 13.4 Å². The number of benzene rings is 2. The van der Waals surface area contributed by atoms with Gasteiger partial charge in [-0.25, -0.2) is 4.79 Å². The maximum absolute atomic E-state index is 12.9. The Labute approximate surface area is 199 Å². The highest BCUT2D eigenvalue weighted by atomic mass is 35.5. The van der Waals surface area contributed by atoms with Crippen molar-refractivity contribution in [1.82, 2.24) is 5.01 Å². The van der Waals surface area contributed by atoms with Gasteiger partial charge in [0.15, 0.2) is 6.04 Å². The molecule has 5 unspecified atom stereocenters. The van der Waals surface area contributed by atoms with E-state index in [0.29, 0.717) is 21.8 Å². The number of aliphatic hydroxyl groups excluding tert-OH is 1. The van der Waals surface area contributed by atoms with Crippen LogP contribution in [0.2, 0.25) is 10.0 Å². The molecule has 2 aromatic rings. The van der Waals surface area contributed by atoms with Crippen LogP contribution in [0, 0.1) is 0 Å². The van der Waals surface area contributed by atoms with E-state index < -0.39 is 45.0 Å². The third-order valence-corrected chi connectivity index (χ3v) is 7.08. The summed E-state index contributed by atoms with van der Waals surface area (Å²) in [6.45, 7) is 1.55. The van der Waals surface area contributed by atoms with Crippen molar-refractivity contribution in [3.63, 3.8) is 0 Å². The topological polar surface area (TPSA) is 133 Å². The Hall–Kier alpha value is -1.57. The van der Waals surface area contributed by atoms with Crippen LogP contribution >= 0.6 is 23.2 Å². The highest BCUT2D eigenvalue weighted by Gasteiger charge is 2.48. The lowest BCUT2D eigenvalue weighted by molar-refractivity contribution is -0.150. The van der Waals surface area contributed by atoms with Crippen molar-refractivity contribution < 1.29 is 32.2 Å². The number of anilines is 1. The molecule has 3 rings (SSSR count). The molecule has 1 heterocycles. The second-order valence-corrected chi connectivity index (χ2v) is 9.54. The summed E-state index contributed by atoms with van der Waals surface area (Å²) >= 11 is 5.95. The van der Waals surface area contributed by atoms with Crippen LogP contribution in [-0.4, -0.2) is 51.0 Å². The maximum atomic E-state index is 12.9. The standard InChI is InChI=1S/C19H20Cl2N2O7S2/c1-2-30-18(24)16-13-5-3-4-6-15(13)22(10-11-7-8-12(20)9-14(11)21)23(16)17(31(26)27)19(25)32(28)29/h3-9,16-17,19,25H,2,10H2,1H3,(H,26,27)(H,28,29)/p-2. The van der Waals surface area contributed by atoms with Gasteiger partial charge in [0.25, 0.3) is 0 Å². The molecule has 1 aliphatic heterocycles. The quantitative estimate of drug-likeness (QED) is 0.410. The third kappa shape index (κ3) is 5.00. The maximum Gasteiger partial charge on any atom is 0.329 e. The number of rotatable bonds is 8. The molecule has 0 spiro atoms. The normalized spacial score (nSPS) is 19.8. The van der Waals surface area contributed by atoms with Gasteiger partial charge in [-0.05, 0) is 52.8 Å². The minimum Gasteiger partial charge on any atom is -0.771 e. The fraction of sp³-hybridized carbons (Fsp3) is 0.316. The smallest absolute Gasteiger partial charge is 0.329 e. The first kappa shape index (κ1) is 25.1. The van der Waals surface area contributed by atoms with Gasteiger partial charge in [0, 0.05) is 15.6 Å². The molecular formula is C19H18Cl2N2O7S2-2. The monoisotopic (exact) mass is 520 g/mol. The van der Waals surface area contributed by atoms with E-state index in [2.05, 4.69) is 0 Å². The largest absolute Gasteiger partial charge is 0.771 e. The van der Waals surface area contributed by atoms with Crippen LogP contribution in [0.1, 0.15) is 24.1 Å². The van der Waals surface area contributed by atoms with Crippen molar-refractivity contribution in [2.24, 2.45) is 0 Å². The Kier molecular flexibility index (Phi) is 8.28. The fourth-order valence-corrected chi connectivity index (χ4v) is 5.42. The summed E-state index contributed by atoms with van der Waals surface area (Å²) < 4.78 is 52.4. The molecular weight excluding hydrogens is 503 g/mol. The second-order valence-electron chi connectivity index (χ2n) is 6.69. The van der Waals surface area contributed by atoms with Gasteiger partial charge >= 0.3 is 5.97 Å². The molecule has 0 bridgehead atoms. The molecule has 9 nitrogen and oxygen atoms in total. The lowest BCUT2D eigenvalue weighted by atomic mass is 10.1. The van der Waals surface area contributed by atoms with Crippen molar-refractivity contribution in [1.29, 1.82) is 0 Å². The van der Waals surface area contributed by atoms with E-state index in [1.807, 2.05) is 0 Å². The SMILES string of the molecule is CCOC(=O)C1c2ccccc2N(Cc2ccc(Cl)cc2Cl)N1C(C(O)S(=O)[O-])S(=O)[O-]. The predicted molar refractivity (Wildman–Crippen MR) is 118 cm³/mol. The Morgan fingerprint density at radius 1 is 1.19 bits per heavy atom. The lowest BCUT2D eigenvalue weighted by Gasteiger charge is -2.42. The number of nitrogens with zero attached hydrogens (tertiary/aromatic N) is 2. The first-order chi connectivity index (χ1) is 15.2. The van der Waals surface area contributed by atoms with Gasteiger partial charge in [-0.15, -0.1) is 0 Å². The molecule has 0 amide bonds. The molecule has 0 aromatic heterocycles. The summed E-state index contributed by atoms with van der Waals surface area (Å²) in [7, 11) is 0. The first-order valence-corrected chi connectivity index (χ1v) is 12.3. The van der Waals surface area contributed by atoms with Crippen LogP contribution in [0.25, 0.3) is 0 Å². The van der Waals surface area contributed by atoms with Crippen LogP contribution in [0.3, 0.4) is 0 Å². The van der Waals surface area contributed by atoms with E-state index in [4.69, 9.17) is 27.9 Å². The number of carbonyl (C=O) groups is 1. The Morgan fingerprint density at radius 2 is 1.88 bits per heavy atom. The molecule has 0 radical (unpaired) electrons. The van der Waals surface area contributed by atoms with Gasteiger partial charge in [0.2, 0.25) is 0 Å². The summed E-state index contributed by atoms with van der Waals surface area (Å²) in [6, 6.07) is 9.93. The second kappa shape index (κ2) is 10.6. The molecule has 2 aromatic carbocycles. The minimum atomic E-state index is -3.17. The zero-order chi connectivity index (χ0) is 23.6. The number of ether oxygens (including phenoxy) is 1. The number of hydrazine groups is 1. The number of hydrogen-bond acceptors (Lipinski definition) is 9. The summed E-state index contributed by atoms with van der Waals surface area (Å²) in [5.74, 6) is -0.802. The van der Waals surface area contributed by atoms with E-state index in [1.165, 1.54) is 11.1 Å². The van der Waals surface area contributed by atoms with E-state index in [9.17, 15) is 27.4 Å². The summed E-state index contributed by atoms with van der Waals surface area (Å²) in [6.07, 6.45) is 0. The molecule has 5 atom stereocenters. The van der Waals surface area contributed by atoms with Crippen LogP contribution < -0.4 is 5.01 Å². The Balaban J connectivity index is 2.18. The van der Waals surface area contributed by atoms with Crippen molar-refractivity contribution in [2.45, 2.75) is 30.3 Å². The number of hydrogen-bond donors (Lipinski definition) is 1. The van der Waals surface area contributed by atoms with Crippen molar-refractivity contribution in [3.05, 3.63) is 63.6 Å². The number of carbonyl (C=O) groups excluding carboxylic acids is 1. The van der Waals surface area contributed by atoms with Crippen LogP contribution in [-0.2, 0) is 38.2 Å². The molecule has 1 N–H and O–H groups in total. The van der Waals surface area contributed by atoms with Gasteiger partial charge in [0.05, 0.1) is 18.8 Å². The molecule has 1 aliphatic rings. The molecule has 0 saturated carbocycles. The molecule has 13 heteroatoms. The van der Waals surface area contributed by atoms with Crippen LogP contribution in [0.4, 0.5) is 5.69 Å². The highest BCUT2D eigenvalue weighted by Crippen LogP contribution is 2.44. The number of halogens is 2. The van der Waals surface area contributed by atoms with E-state index in [1.54, 1.807) is 43.3 Å².